The minimum absolute atomic E-state index is 0.522. The normalized spacial score (nSPS) is 12.5. The SMILES string of the molecule is COCCC(O)c1ccccc1OC. The lowest BCUT2D eigenvalue weighted by molar-refractivity contribution is 0.108. The Morgan fingerprint density at radius 2 is 2.00 bits per heavy atom. The first kappa shape index (κ1) is 11.0. The molecule has 78 valence electrons. The van der Waals surface area contributed by atoms with Crippen LogP contribution in [0.25, 0.3) is 0 Å². The number of hydrogen-bond donors (Lipinski definition) is 1. The van der Waals surface area contributed by atoms with Gasteiger partial charge in [-0.2, -0.15) is 0 Å². The lowest BCUT2D eigenvalue weighted by Crippen LogP contribution is -2.03. The zero-order chi connectivity index (χ0) is 10.4. The van der Waals surface area contributed by atoms with Crippen molar-refractivity contribution in [1.29, 1.82) is 0 Å². The minimum Gasteiger partial charge on any atom is -0.496 e. The maximum absolute atomic E-state index is 9.80. The Labute approximate surface area is 84.3 Å². The quantitative estimate of drug-likeness (QED) is 0.780. The van der Waals surface area contributed by atoms with Crippen molar-refractivity contribution in [2.24, 2.45) is 0 Å². The molecule has 14 heavy (non-hydrogen) atoms. The van der Waals surface area contributed by atoms with Crippen LogP contribution in [-0.4, -0.2) is 25.9 Å². The van der Waals surface area contributed by atoms with Gasteiger partial charge in [-0.05, 0) is 6.07 Å². The van der Waals surface area contributed by atoms with E-state index < -0.39 is 6.10 Å². The van der Waals surface area contributed by atoms with Crippen LogP contribution in [0.1, 0.15) is 18.1 Å². The summed E-state index contributed by atoms with van der Waals surface area (Å²) in [6.07, 6.45) is 0.0581. The van der Waals surface area contributed by atoms with Crippen molar-refractivity contribution in [1.82, 2.24) is 0 Å². The maximum atomic E-state index is 9.80. The molecule has 3 nitrogen and oxygen atoms in total. The first-order valence-corrected chi connectivity index (χ1v) is 4.59. The van der Waals surface area contributed by atoms with Crippen LogP contribution in [0, 0.1) is 0 Å². The van der Waals surface area contributed by atoms with Crippen molar-refractivity contribution in [3.05, 3.63) is 29.8 Å². The average Bonchev–Trinajstić information content (AvgIpc) is 2.25. The van der Waals surface area contributed by atoms with Gasteiger partial charge in [-0.1, -0.05) is 18.2 Å². The summed E-state index contributed by atoms with van der Waals surface area (Å²) in [5.74, 6) is 0.719. The van der Waals surface area contributed by atoms with Gasteiger partial charge in [-0.25, -0.2) is 0 Å². The molecule has 0 bridgehead atoms. The van der Waals surface area contributed by atoms with E-state index in [1.165, 1.54) is 0 Å². The summed E-state index contributed by atoms with van der Waals surface area (Å²) in [6.45, 7) is 0.541. The molecule has 0 aliphatic heterocycles. The van der Waals surface area contributed by atoms with Gasteiger partial charge in [0.15, 0.2) is 0 Å². The van der Waals surface area contributed by atoms with Crippen molar-refractivity contribution >= 4 is 0 Å². The van der Waals surface area contributed by atoms with Gasteiger partial charge >= 0.3 is 0 Å². The summed E-state index contributed by atoms with van der Waals surface area (Å²) < 4.78 is 10.1. The molecule has 1 aromatic carbocycles. The van der Waals surface area contributed by atoms with E-state index in [-0.39, 0.29) is 0 Å². The second-order valence-corrected chi connectivity index (χ2v) is 3.04. The van der Waals surface area contributed by atoms with E-state index in [4.69, 9.17) is 9.47 Å². The monoisotopic (exact) mass is 196 g/mol. The number of aliphatic hydroxyl groups is 1. The second-order valence-electron chi connectivity index (χ2n) is 3.04. The predicted octanol–water partition coefficient (Wildman–Crippen LogP) is 1.77. The third-order valence-electron chi connectivity index (χ3n) is 2.09. The number of methoxy groups -OCH3 is 2. The Hall–Kier alpha value is -1.06. The van der Waals surface area contributed by atoms with Gasteiger partial charge in [0.05, 0.1) is 13.2 Å². The highest BCUT2D eigenvalue weighted by molar-refractivity contribution is 5.34. The minimum atomic E-state index is -0.522. The Bertz CT molecular complexity index is 273. The zero-order valence-corrected chi connectivity index (χ0v) is 8.56. The van der Waals surface area contributed by atoms with Crippen LogP contribution >= 0.6 is 0 Å². The molecule has 3 heteroatoms. The Morgan fingerprint density at radius 3 is 2.64 bits per heavy atom. The summed E-state index contributed by atoms with van der Waals surface area (Å²) in [5, 5.41) is 9.80. The molecule has 0 spiro atoms. The highest BCUT2D eigenvalue weighted by atomic mass is 16.5. The summed E-state index contributed by atoms with van der Waals surface area (Å²) >= 11 is 0. The van der Waals surface area contributed by atoms with E-state index >= 15 is 0 Å². The first-order valence-electron chi connectivity index (χ1n) is 4.59. The van der Waals surface area contributed by atoms with Gasteiger partial charge in [0, 0.05) is 25.7 Å². The summed E-state index contributed by atoms with van der Waals surface area (Å²) in [4.78, 5) is 0. The second kappa shape index (κ2) is 5.62. The van der Waals surface area contributed by atoms with Gasteiger partial charge in [0.1, 0.15) is 5.75 Å². The van der Waals surface area contributed by atoms with Crippen LogP contribution in [0.3, 0.4) is 0 Å². The fraction of sp³-hybridized carbons (Fsp3) is 0.455. The van der Waals surface area contributed by atoms with Crippen LogP contribution in [0.5, 0.6) is 5.75 Å². The van der Waals surface area contributed by atoms with Crippen LogP contribution in [0.4, 0.5) is 0 Å². The van der Waals surface area contributed by atoms with E-state index in [2.05, 4.69) is 0 Å². The number of hydrogen-bond acceptors (Lipinski definition) is 3. The lowest BCUT2D eigenvalue weighted by Gasteiger charge is -2.13. The Balaban J connectivity index is 2.72. The van der Waals surface area contributed by atoms with E-state index in [1.54, 1.807) is 14.2 Å². The highest BCUT2D eigenvalue weighted by Gasteiger charge is 2.11. The summed E-state index contributed by atoms with van der Waals surface area (Å²) in [5.41, 5.74) is 0.812. The van der Waals surface area contributed by atoms with Crippen LogP contribution in [-0.2, 0) is 4.74 Å². The number of ether oxygens (including phenoxy) is 2. The largest absolute Gasteiger partial charge is 0.496 e. The standard InChI is InChI=1S/C11H16O3/c1-13-8-7-10(12)9-5-3-4-6-11(9)14-2/h3-6,10,12H,7-8H2,1-2H3. The lowest BCUT2D eigenvalue weighted by atomic mass is 10.1. The Morgan fingerprint density at radius 1 is 1.29 bits per heavy atom. The van der Waals surface area contributed by atoms with E-state index in [1.807, 2.05) is 24.3 Å². The smallest absolute Gasteiger partial charge is 0.124 e. The van der Waals surface area contributed by atoms with Crippen molar-refractivity contribution < 1.29 is 14.6 Å². The molecule has 1 aromatic rings. The van der Waals surface area contributed by atoms with Crippen molar-refractivity contribution in [2.45, 2.75) is 12.5 Å². The van der Waals surface area contributed by atoms with Crippen molar-refractivity contribution in [3.8, 4) is 5.75 Å². The summed E-state index contributed by atoms with van der Waals surface area (Å²) in [6, 6.07) is 7.46. The molecule has 0 fully saturated rings. The van der Waals surface area contributed by atoms with Gasteiger partial charge < -0.3 is 14.6 Å². The number of rotatable bonds is 5. The van der Waals surface area contributed by atoms with Crippen molar-refractivity contribution in [3.63, 3.8) is 0 Å². The zero-order valence-electron chi connectivity index (χ0n) is 8.56. The van der Waals surface area contributed by atoms with Gasteiger partial charge in [0.2, 0.25) is 0 Å². The summed E-state index contributed by atoms with van der Waals surface area (Å²) in [7, 11) is 3.22. The molecule has 0 amide bonds. The topological polar surface area (TPSA) is 38.7 Å². The van der Waals surface area contributed by atoms with Gasteiger partial charge in [0.25, 0.3) is 0 Å². The predicted molar refractivity (Wildman–Crippen MR) is 54.4 cm³/mol. The Kier molecular flexibility index (Phi) is 4.43. The van der Waals surface area contributed by atoms with E-state index in [0.29, 0.717) is 13.0 Å². The molecular weight excluding hydrogens is 180 g/mol. The number of benzene rings is 1. The molecule has 1 atom stereocenters. The maximum Gasteiger partial charge on any atom is 0.124 e. The molecule has 1 unspecified atom stereocenters. The average molecular weight is 196 g/mol. The number of para-hydroxylation sites is 1. The first-order chi connectivity index (χ1) is 6.79. The fourth-order valence-electron chi connectivity index (χ4n) is 1.33. The molecule has 1 N–H and O–H groups in total. The fourth-order valence-corrected chi connectivity index (χ4v) is 1.33. The number of aliphatic hydroxyl groups excluding tert-OH is 1. The van der Waals surface area contributed by atoms with Crippen molar-refractivity contribution in [2.75, 3.05) is 20.8 Å². The molecule has 0 aromatic heterocycles. The van der Waals surface area contributed by atoms with E-state index in [9.17, 15) is 5.11 Å². The molecule has 0 saturated carbocycles. The molecule has 0 heterocycles. The third-order valence-corrected chi connectivity index (χ3v) is 2.09. The molecule has 0 saturated heterocycles. The molecule has 0 aliphatic carbocycles. The molecule has 1 rings (SSSR count). The van der Waals surface area contributed by atoms with Crippen LogP contribution in [0.2, 0.25) is 0 Å². The molecule has 0 aliphatic rings. The van der Waals surface area contributed by atoms with Crippen LogP contribution in [0.15, 0.2) is 24.3 Å². The third kappa shape index (κ3) is 2.72. The van der Waals surface area contributed by atoms with E-state index in [0.717, 1.165) is 11.3 Å². The molecule has 0 radical (unpaired) electrons. The highest BCUT2D eigenvalue weighted by Crippen LogP contribution is 2.26. The van der Waals surface area contributed by atoms with Crippen LogP contribution < -0.4 is 4.74 Å². The van der Waals surface area contributed by atoms with Gasteiger partial charge in [-0.15, -0.1) is 0 Å². The van der Waals surface area contributed by atoms with Gasteiger partial charge in [-0.3, -0.25) is 0 Å². The molecular formula is C11H16O3.